The Morgan fingerprint density at radius 3 is 2.56 bits per heavy atom. The van der Waals surface area contributed by atoms with E-state index in [1.54, 1.807) is 6.20 Å². The van der Waals surface area contributed by atoms with E-state index >= 15 is 0 Å². The molecule has 0 unspecified atom stereocenters. The fourth-order valence-corrected chi connectivity index (χ4v) is 1.14. The molecule has 0 fully saturated rings. The van der Waals surface area contributed by atoms with Crippen LogP contribution in [0.5, 0.6) is 0 Å². The Labute approximate surface area is 64.8 Å². The molecule has 0 amide bonds. The molecule has 0 atom stereocenters. The van der Waals surface area contributed by atoms with Gasteiger partial charge < -0.3 is 0 Å². The summed E-state index contributed by atoms with van der Waals surface area (Å²) in [5.74, 6) is 0. The molecule has 0 aliphatic carbocycles. The molecule has 1 heterocycles. The monoisotopic (exact) mass is 303 g/mol. The molecule has 0 aliphatic rings. The van der Waals surface area contributed by atoms with E-state index < -0.39 is 0 Å². The normalized spacial score (nSPS) is 9.67. The SMILES string of the molecule is C=Cn1ccn(C)[c]1=[Pt]. The molecule has 0 N–H and O–H groups in total. The zero-order chi connectivity index (χ0) is 6.85. The van der Waals surface area contributed by atoms with Crippen molar-refractivity contribution in [1.29, 1.82) is 0 Å². The fraction of sp³-hybridized carbons (Fsp3) is 0.167. The maximum absolute atomic E-state index is 3.65. The first-order valence-electron chi connectivity index (χ1n) is 2.57. The number of imidazole rings is 1. The summed E-state index contributed by atoms with van der Waals surface area (Å²) in [7, 11) is 2.00. The van der Waals surface area contributed by atoms with Gasteiger partial charge in [-0.05, 0) is 0 Å². The van der Waals surface area contributed by atoms with E-state index in [-0.39, 0.29) is 0 Å². The van der Waals surface area contributed by atoms with Crippen molar-refractivity contribution in [2.24, 2.45) is 7.05 Å². The molecule has 0 bridgehead atoms. The predicted molar refractivity (Wildman–Crippen MR) is 33.0 cm³/mol. The van der Waals surface area contributed by atoms with Crippen LogP contribution in [-0.4, -0.2) is 9.13 Å². The third-order valence-electron chi connectivity index (χ3n) is 1.11. The van der Waals surface area contributed by atoms with E-state index in [0.717, 1.165) is 3.80 Å². The predicted octanol–water partition coefficient (Wildman–Crippen LogP) is 1.01. The zero-order valence-corrected chi connectivity index (χ0v) is 7.42. The number of nitrogens with zero attached hydrogens (tertiary/aromatic N) is 2. The van der Waals surface area contributed by atoms with Gasteiger partial charge in [0.15, 0.2) is 0 Å². The molecule has 1 rings (SSSR count). The summed E-state index contributed by atoms with van der Waals surface area (Å²) >= 11 is 2.24. The molecule has 0 spiro atoms. The van der Waals surface area contributed by atoms with Gasteiger partial charge in [-0.2, -0.15) is 0 Å². The topological polar surface area (TPSA) is 9.86 Å². The molecule has 0 saturated carbocycles. The van der Waals surface area contributed by atoms with Crippen molar-refractivity contribution in [3.63, 3.8) is 0 Å². The Morgan fingerprint density at radius 1 is 1.67 bits per heavy atom. The molecule has 0 saturated heterocycles. The standard InChI is InChI=1S/C6H8N2.Pt/c1-3-8-5-4-7(2)6-8;/h3-5H,1H2,2H3;. The summed E-state index contributed by atoms with van der Waals surface area (Å²) in [5, 5.41) is 0. The number of hydrogen-bond acceptors (Lipinski definition) is 0. The van der Waals surface area contributed by atoms with Crippen LogP contribution in [0, 0.1) is 3.80 Å². The van der Waals surface area contributed by atoms with Gasteiger partial charge >= 0.3 is 64.5 Å². The van der Waals surface area contributed by atoms with Gasteiger partial charge in [0.1, 0.15) is 0 Å². The van der Waals surface area contributed by atoms with E-state index in [2.05, 4.69) is 25.9 Å². The summed E-state index contributed by atoms with van der Waals surface area (Å²) in [4.78, 5) is 0. The first-order chi connectivity index (χ1) is 4.25. The average Bonchev–Trinajstić information content (AvgIpc) is 2.15. The molecule has 0 aliphatic heterocycles. The van der Waals surface area contributed by atoms with Crippen LogP contribution in [0.1, 0.15) is 0 Å². The van der Waals surface area contributed by atoms with Gasteiger partial charge in [0.05, 0.1) is 0 Å². The van der Waals surface area contributed by atoms with E-state index in [1.807, 2.05) is 28.6 Å². The summed E-state index contributed by atoms with van der Waals surface area (Å²) < 4.78 is 5.15. The Balaban J connectivity index is 3.36. The second kappa shape index (κ2) is 2.49. The van der Waals surface area contributed by atoms with E-state index in [9.17, 15) is 0 Å². The van der Waals surface area contributed by atoms with Crippen molar-refractivity contribution in [2.45, 2.75) is 0 Å². The first kappa shape index (κ1) is 6.75. The number of aromatic nitrogens is 2. The second-order valence-corrected chi connectivity index (χ2v) is 2.76. The Morgan fingerprint density at radius 2 is 2.33 bits per heavy atom. The molecule has 0 aromatic carbocycles. The molecule has 52 valence electrons. The van der Waals surface area contributed by atoms with Crippen LogP contribution in [0.15, 0.2) is 19.0 Å². The third kappa shape index (κ3) is 1.13. The molecule has 2 nitrogen and oxygen atoms in total. The molecule has 0 radical (unpaired) electrons. The minimum absolute atomic E-state index is 1.16. The molecular formula is C6H8N2Pt. The fourth-order valence-electron chi connectivity index (χ4n) is 0.598. The van der Waals surface area contributed by atoms with Gasteiger partial charge in [0, 0.05) is 0 Å². The molecule has 9 heavy (non-hydrogen) atoms. The number of hydrogen-bond donors (Lipinski definition) is 0. The van der Waals surface area contributed by atoms with E-state index in [4.69, 9.17) is 0 Å². The van der Waals surface area contributed by atoms with Crippen molar-refractivity contribution in [2.75, 3.05) is 0 Å². The van der Waals surface area contributed by atoms with Gasteiger partial charge in [-0.1, -0.05) is 0 Å². The van der Waals surface area contributed by atoms with Gasteiger partial charge in [0.25, 0.3) is 0 Å². The summed E-state index contributed by atoms with van der Waals surface area (Å²) in [5.41, 5.74) is 0. The van der Waals surface area contributed by atoms with Crippen LogP contribution in [0.4, 0.5) is 0 Å². The van der Waals surface area contributed by atoms with E-state index in [1.165, 1.54) is 0 Å². The van der Waals surface area contributed by atoms with Crippen LogP contribution in [0.2, 0.25) is 0 Å². The summed E-state index contributed by atoms with van der Waals surface area (Å²) in [6.45, 7) is 3.65. The average molecular weight is 303 g/mol. The summed E-state index contributed by atoms with van der Waals surface area (Å²) in [6.07, 6.45) is 5.74. The van der Waals surface area contributed by atoms with Gasteiger partial charge in [-0.3, -0.25) is 0 Å². The van der Waals surface area contributed by atoms with Crippen molar-refractivity contribution in [3.8, 4) is 0 Å². The van der Waals surface area contributed by atoms with Crippen molar-refractivity contribution < 1.29 is 19.4 Å². The van der Waals surface area contributed by atoms with Crippen LogP contribution in [0.25, 0.3) is 6.20 Å². The summed E-state index contributed by atoms with van der Waals surface area (Å²) in [6, 6.07) is 0. The van der Waals surface area contributed by atoms with Crippen molar-refractivity contribution >= 4 is 6.20 Å². The number of aryl methyl sites for hydroxylation is 1. The minimum atomic E-state index is 1.16. The Bertz CT molecular complexity index is 269. The van der Waals surface area contributed by atoms with Crippen LogP contribution >= 0.6 is 0 Å². The van der Waals surface area contributed by atoms with Gasteiger partial charge in [-0.25, -0.2) is 0 Å². The van der Waals surface area contributed by atoms with Crippen molar-refractivity contribution in [1.82, 2.24) is 9.13 Å². The molecule has 1 aromatic rings. The molecule has 1 aromatic heterocycles. The van der Waals surface area contributed by atoms with Crippen molar-refractivity contribution in [3.05, 3.63) is 22.8 Å². The quantitative estimate of drug-likeness (QED) is 0.733. The Hall–Kier alpha value is -0.362. The zero-order valence-electron chi connectivity index (χ0n) is 5.15. The van der Waals surface area contributed by atoms with Crippen LogP contribution in [0.3, 0.4) is 0 Å². The van der Waals surface area contributed by atoms with E-state index in [0.29, 0.717) is 0 Å². The molecule has 3 heteroatoms. The number of rotatable bonds is 1. The maximum atomic E-state index is 3.65. The van der Waals surface area contributed by atoms with Crippen LogP contribution < -0.4 is 0 Å². The van der Waals surface area contributed by atoms with Crippen LogP contribution in [-0.2, 0) is 26.4 Å². The van der Waals surface area contributed by atoms with Gasteiger partial charge in [-0.15, -0.1) is 0 Å². The second-order valence-electron chi connectivity index (χ2n) is 1.74. The Kier molecular flexibility index (Phi) is 1.86. The van der Waals surface area contributed by atoms with Gasteiger partial charge in [0.2, 0.25) is 0 Å². The first-order valence-corrected chi connectivity index (χ1v) is 3.70. The molecular weight excluding hydrogens is 295 g/mol. The third-order valence-corrected chi connectivity index (χ3v) is 2.50.